The van der Waals surface area contributed by atoms with Crippen molar-refractivity contribution in [3.8, 4) is 0 Å². The maximum absolute atomic E-state index is 12.7. The molecular weight excluding hydrogens is 250 g/mol. The maximum atomic E-state index is 12.7. The molecule has 1 N–H and O–H groups in total. The number of fused-ring (bicyclic) bond motifs is 3. The molecule has 1 saturated heterocycles. The first kappa shape index (κ1) is 12.4. The molecule has 106 valence electrons. The molecule has 0 radical (unpaired) electrons. The molecule has 0 aromatic heterocycles. The number of aliphatic hydroxyl groups is 1. The van der Waals surface area contributed by atoms with E-state index in [-0.39, 0.29) is 12.5 Å². The lowest BCUT2D eigenvalue weighted by molar-refractivity contribution is -0.132. The van der Waals surface area contributed by atoms with E-state index < -0.39 is 0 Å². The van der Waals surface area contributed by atoms with Gasteiger partial charge in [0.1, 0.15) is 0 Å². The zero-order chi connectivity index (χ0) is 13.7. The fourth-order valence-corrected chi connectivity index (χ4v) is 4.30. The van der Waals surface area contributed by atoms with E-state index >= 15 is 0 Å². The number of carbonyl (C=O) groups is 1. The average molecular weight is 271 g/mol. The molecule has 2 aliphatic carbocycles. The molecule has 20 heavy (non-hydrogen) atoms. The molecule has 4 rings (SSSR count). The fourth-order valence-electron chi connectivity index (χ4n) is 4.30. The molecule has 3 heteroatoms. The third-order valence-corrected chi connectivity index (χ3v) is 5.47. The van der Waals surface area contributed by atoms with Gasteiger partial charge >= 0.3 is 0 Å². The SMILES string of the molecule is O=C(C1C2CCc3ccccc3C21)N1CCC(CO)C1. The van der Waals surface area contributed by atoms with E-state index in [0.29, 0.717) is 23.7 Å². The predicted octanol–water partition coefficient (Wildman–Crippen LogP) is 1.80. The van der Waals surface area contributed by atoms with Crippen LogP contribution in [0.1, 0.15) is 29.9 Å². The van der Waals surface area contributed by atoms with E-state index in [4.69, 9.17) is 0 Å². The first-order valence-electron chi connectivity index (χ1n) is 7.77. The minimum absolute atomic E-state index is 0.212. The van der Waals surface area contributed by atoms with Crippen molar-refractivity contribution < 1.29 is 9.90 Å². The highest BCUT2D eigenvalue weighted by Crippen LogP contribution is 2.60. The Balaban J connectivity index is 1.51. The molecule has 3 aliphatic rings. The second-order valence-corrected chi connectivity index (χ2v) is 6.57. The van der Waals surface area contributed by atoms with Crippen molar-refractivity contribution in [3.63, 3.8) is 0 Å². The molecule has 0 bridgehead atoms. The number of carbonyl (C=O) groups excluding carboxylic acids is 1. The summed E-state index contributed by atoms with van der Waals surface area (Å²) >= 11 is 0. The van der Waals surface area contributed by atoms with Gasteiger partial charge in [0.05, 0.1) is 0 Å². The molecule has 1 aliphatic heterocycles. The van der Waals surface area contributed by atoms with Gasteiger partial charge in [-0.25, -0.2) is 0 Å². The van der Waals surface area contributed by atoms with Crippen LogP contribution in [0.25, 0.3) is 0 Å². The molecule has 4 atom stereocenters. The quantitative estimate of drug-likeness (QED) is 0.891. The molecule has 0 spiro atoms. The van der Waals surface area contributed by atoms with E-state index in [1.54, 1.807) is 0 Å². The third kappa shape index (κ3) is 1.80. The van der Waals surface area contributed by atoms with Gasteiger partial charge in [0.15, 0.2) is 0 Å². The molecular formula is C17H21NO2. The fraction of sp³-hybridized carbons (Fsp3) is 0.588. The summed E-state index contributed by atoms with van der Waals surface area (Å²) in [4.78, 5) is 14.7. The normalized spacial score (nSPS) is 34.5. The maximum Gasteiger partial charge on any atom is 0.226 e. The van der Waals surface area contributed by atoms with Gasteiger partial charge in [-0.1, -0.05) is 24.3 Å². The molecule has 4 unspecified atom stereocenters. The topological polar surface area (TPSA) is 40.5 Å². The predicted molar refractivity (Wildman–Crippen MR) is 76.3 cm³/mol. The summed E-state index contributed by atoms with van der Waals surface area (Å²) in [5.74, 6) is 1.90. The van der Waals surface area contributed by atoms with Crippen LogP contribution < -0.4 is 0 Å². The van der Waals surface area contributed by atoms with Gasteiger partial charge in [-0.2, -0.15) is 0 Å². The number of rotatable bonds is 2. The van der Waals surface area contributed by atoms with Crippen molar-refractivity contribution >= 4 is 5.91 Å². The van der Waals surface area contributed by atoms with Gasteiger partial charge in [0, 0.05) is 31.5 Å². The molecule has 1 aromatic carbocycles. The number of amides is 1. The van der Waals surface area contributed by atoms with Crippen molar-refractivity contribution in [2.75, 3.05) is 19.7 Å². The van der Waals surface area contributed by atoms with Crippen molar-refractivity contribution in [2.45, 2.75) is 25.2 Å². The van der Waals surface area contributed by atoms with Crippen LogP contribution in [0.5, 0.6) is 0 Å². The lowest BCUT2D eigenvalue weighted by Crippen LogP contribution is -2.31. The van der Waals surface area contributed by atoms with Crippen LogP contribution in [-0.4, -0.2) is 35.6 Å². The van der Waals surface area contributed by atoms with Crippen LogP contribution in [0, 0.1) is 17.8 Å². The minimum atomic E-state index is 0.212. The number of likely N-dealkylation sites (tertiary alicyclic amines) is 1. The smallest absolute Gasteiger partial charge is 0.226 e. The highest BCUT2D eigenvalue weighted by molar-refractivity contribution is 5.84. The van der Waals surface area contributed by atoms with E-state index in [9.17, 15) is 9.90 Å². The first-order valence-corrected chi connectivity index (χ1v) is 7.77. The molecule has 1 heterocycles. The van der Waals surface area contributed by atoms with Gasteiger partial charge in [-0.15, -0.1) is 0 Å². The Bertz CT molecular complexity index is 542. The van der Waals surface area contributed by atoms with Crippen molar-refractivity contribution in [2.24, 2.45) is 17.8 Å². The van der Waals surface area contributed by atoms with Crippen LogP contribution in [0.2, 0.25) is 0 Å². The van der Waals surface area contributed by atoms with Crippen LogP contribution in [0.3, 0.4) is 0 Å². The van der Waals surface area contributed by atoms with E-state index in [1.807, 2.05) is 4.90 Å². The molecule has 3 nitrogen and oxygen atoms in total. The Kier molecular flexibility index (Phi) is 2.84. The Morgan fingerprint density at radius 2 is 2.15 bits per heavy atom. The minimum Gasteiger partial charge on any atom is -0.396 e. The number of benzene rings is 1. The second-order valence-electron chi connectivity index (χ2n) is 6.57. The largest absolute Gasteiger partial charge is 0.396 e. The molecule has 1 amide bonds. The highest BCUT2D eigenvalue weighted by atomic mass is 16.3. The van der Waals surface area contributed by atoms with Gasteiger partial charge in [0.2, 0.25) is 5.91 Å². The van der Waals surface area contributed by atoms with Gasteiger partial charge < -0.3 is 10.0 Å². The van der Waals surface area contributed by atoms with Crippen molar-refractivity contribution in [3.05, 3.63) is 35.4 Å². The molecule has 2 fully saturated rings. The lowest BCUT2D eigenvalue weighted by Gasteiger charge is -2.16. The lowest BCUT2D eigenvalue weighted by atomic mass is 9.92. The molecule has 1 saturated carbocycles. The first-order chi connectivity index (χ1) is 9.79. The summed E-state index contributed by atoms with van der Waals surface area (Å²) < 4.78 is 0. The highest BCUT2D eigenvalue weighted by Gasteiger charge is 2.58. The summed E-state index contributed by atoms with van der Waals surface area (Å²) in [6, 6.07) is 8.62. The Hall–Kier alpha value is -1.35. The summed E-state index contributed by atoms with van der Waals surface area (Å²) in [5, 5.41) is 9.22. The average Bonchev–Trinajstić information content (AvgIpc) is 3.04. The second kappa shape index (κ2) is 4.59. The van der Waals surface area contributed by atoms with Crippen LogP contribution in [0.4, 0.5) is 0 Å². The Morgan fingerprint density at radius 3 is 2.95 bits per heavy atom. The van der Waals surface area contributed by atoms with Crippen molar-refractivity contribution in [1.29, 1.82) is 0 Å². The van der Waals surface area contributed by atoms with E-state index in [1.165, 1.54) is 11.1 Å². The van der Waals surface area contributed by atoms with Crippen LogP contribution in [0.15, 0.2) is 24.3 Å². The van der Waals surface area contributed by atoms with E-state index in [2.05, 4.69) is 24.3 Å². The number of hydrogen-bond donors (Lipinski definition) is 1. The molecule has 1 aromatic rings. The Labute approximate surface area is 119 Å². The number of aryl methyl sites for hydroxylation is 1. The standard InChI is InChI=1S/C17H21NO2/c19-10-11-7-8-18(9-11)17(20)16-14-6-5-12-3-1-2-4-13(12)15(14)16/h1-4,11,14-16,19H,5-10H2. The van der Waals surface area contributed by atoms with Gasteiger partial charge in [-0.3, -0.25) is 4.79 Å². The van der Waals surface area contributed by atoms with Crippen LogP contribution in [-0.2, 0) is 11.2 Å². The number of aliphatic hydroxyl groups excluding tert-OH is 1. The monoisotopic (exact) mass is 271 g/mol. The van der Waals surface area contributed by atoms with Crippen molar-refractivity contribution in [1.82, 2.24) is 4.90 Å². The van der Waals surface area contributed by atoms with Gasteiger partial charge in [-0.05, 0) is 42.2 Å². The zero-order valence-corrected chi connectivity index (χ0v) is 11.7. The summed E-state index contributed by atoms with van der Waals surface area (Å²) in [6.07, 6.45) is 3.25. The third-order valence-electron chi connectivity index (χ3n) is 5.47. The number of hydrogen-bond acceptors (Lipinski definition) is 2. The Morgan fingerprint density at radius 1 is 1.30 bits per heavy atom. The summed E-state index contributed by atoms with van der Waals surface area (Å²) in [5.41, 5.74) is 2.86. The summed E-state index contributed by atoms with van der Waals surface area (Å²) in [6.45, 7) is 1.80. The van der Waals surface area contributed by atoms with Crippen LogP contribution >= 0.6 is 0 Å². The van der Waals surface area contributed by atoms with Gasteiger partial charge in [0.25, 0.3) is 0 Å². The zero-order valence-electron chi connectivity index (χ0n) is 11.7. The summed E-state index contributed by atoms with van der Waals surface area (Å²) in [7, 11) is 0. The number of nitrogens with zero attached hydrogens (tertiary/aromatic N) is 1. The van der Waals surface area contributed by atoms with E-state index in [0.717, 1.165) is 32.4 Å².